The number of hydrogen-bond donors (Lipinski definition) is 2. The number of sulfonamides is 1. The number of anilines is 1. The first-order valence-corrected chi connectivity index (χ1v) is 7.88. The fourth-order valence-electron chi connectivity index (χ4n) is 1.64. The Bertz CT molecular complexity index is 626. The Kier molecular flexibility index (Phi) is 5.46. The van der Waals surface area contributed by atoms with Crippen LogP contribution in [0.1, 0.15) is 18.1 Å². The van der Waals surface area contributed by atoms with Gasteiger partial charge in [0.25, 0.3) is 0 Å². The number of carbonyl (C=O) groups is 1. The summed E-state index contributed by atoms with van der Waals surface area (Å²) in [6.07, 6.45) is 0. The van der Waals surface area contributed by atoms with E-state index in [1.165, 1.54) is 6.07 Å². The molecule has 0 aliphatic carbocycles. The molecule has 0 fully saturated rings. The number of thiocarbonyl (C=S) groups is 1. The van der Waals surface area contributed by atoms with E-state index in [2.05, 4.69) is 9.46 Å². The summed E-state index contributed by atoms with van der Waals surface area (Å²) < 4.78 is 30.7. The van der Waals surface area contributed by atoms with Gasteiger partial charge in [0.2, 0.25) is 10.0 Å². The molecule has 1 rings (SSSR count). The summed E-state index contributed by atoms with van der Waals surface area (Å²) in [5.41, 5.74) is 7.02. The molecule has 6 nitrogen and oxygen atoms in total. The molecule has 0 aliphatic rings. The molecule has 0 radical (unpaired) electrons. The van der Waals surface area contributed by atoms with Crippen molar-refractivity contribution in [2.45, 2.75) is 13.8 Å². The van der Waals surface area contributed by atoms with Crippen molar-refractivity contribution >= 4 is 38.9 Å². The molecule has 0 atom stereocenters. The predicted octanol–water partition coefficient (Wildman–Crippen LogP) is 0.934. The standard InChI is InChI=1S/C12H16N2O4S2/c1-3-18-10(15)7-20(16,17)14-9-6-4-5-8(2)11(9)12(13)19/h4-6,14H,3,7H2,1-2H3,(H2,13,19). The zero-order valence-electron chi connectivity index (χ0n) is 11.2. The zero-order valence-corrected chi connectivity index (χ0v) is 12.8. The van der Waals surface area contributed by atoms with Gasteiger partial charge < -0.3 is 10.5 Å². The largest absolute Gasteiger partial charge is 0.465 e. The molecule has 0 aromatic heterocycles. The van der Waals surface area contributed by atoms with Crippen LogP contribution in [-0.2, 0) is 19.6 Å². The molecule has 110 valence electrons. The predicted molar refractivity (Wildman–Crippen MR) is 81.1 cm³/mol. The summed E-state index contributed by atoms with van der Waals surface area (Å²) in [4.78, 5) is 11.3. The van der Waals surface area contributed by atoms with Crippen molar-refractivity contribution in [2.75, 3.05) is 17.1 Å². The number of hydrogen-bond acceptors (Lipinski definition) is 5. The van der Waals surface area contributed by atoms with E-state index < -0.39 is 21.7 Å². The molecule has 0 bridgehead atoms. The van der Waals surface area contributed by atoms with Crippen LogP contribution in [0, 0.1) is 6.92 Å². The number of benzene rings is 1. The van der Waals surface area contributed by atoms with Crippen molar-refractivity contribution in [3.8, 4) is 0 Å². The fourth-order valence-corrected chi connectivity index (χ4v) is 2.88. The molecule has 1 aromatic rings. The van der Waals surface area contributed by atoms with E-state index in [0.29, 0.717) is 5.56 Å². The molecule has 0 saturated carbocycles. The van der Waals surface area contributed by atoms with Crippen molar-refractivity contribution in [1.29, 1.82) is 0 Å². The SMILES string of the molecule is CCOC(=O)CS(=O)(=O)Nc1cccc(C)c1C(N)=S. The number of ether oxygens (including phenoxy) is 1. The van der Waals surface area contributed by atoms with Gasteiger partial charge in [-0.05, 0) is 25.5 Å². The molecule has 1 aromatic carbocycles. The minimum Gasteiger partial charge on any atom is -0.465 e. The van der Waals surface area contributed by atoms with Gasteiger partial charge in [-0.25, -0.2) is 8.42 Å². The van der Waals surface area contributed by atoms with Crippen LogP contribution in [0.25, 0.3) is 0 Å². The van der Waals surface area contributed by atoms with Crippen LogP contribution >= 0.6 is 12.2 Å². The van der Waals surface area contributed by atoms with Gasteiger partial charge in [-0.15, -0.1) is 0 Å². The highest BCUT2D eigenvalue weighted by Gasteiger charge is 2.19. The topological polar surface area (TPSA) is 98.5 Å². The summed E-state index contributed by atoms with van der Waals surface area (Å²) in [7, 11) is -3.87. The number of nitrogens with two attached hydrogens (primary N) is 1. The van der Waals surface area contributed by atoms with Crippen LogP contribution in [0.2, 0.25) is 0 Å². The van der Waals surface area contributed by atoms with Gasteiger partial charge in [0, 0.05) is 5.56 Å². The Morgan fingerprint density at radius 1 is 1.45 bits per heavy atom. The van der Waals surface area contributed by atoms with E-state index in [-0.39, 0.29) is 17.3 Å². The number of rotatable bonds is 6. The van der Waals surface area contributed by atoms with Crippen molar-refractivity contribution in [3.05, 3.63) is 29.3 Å². The Morgan fingerprint density at radius 2 is 2.10 bits per heavy atom. The first-order valence-electron chi connectivity index (χ1n) is 5.82. The van der Waals surface area contributed by atoms with Gasteiger partial charge in [0.05, 0.1) is 12.3 Å². The average Bonchev–Trinajstić information content (AvgIpc) is 2.26. The van der Waals surface area contributed by atoms with Gasteiger partial charge >= 0.3 is 5.97 Å². The lowest BCUT2D eigenvalue weighted by molar-refractivity contribution is -0.139. The van der Waals surface area contributed by atoms with E-state index in [1.54, 1.807) is 26.0 Å². The van der Waals surface area contributed by atoms with Crippen molar-refractivity contribution in [2.24, 2.45) is 5.73 Å². The summed E-state index contributed by atoms with van der Waals surface area (Å²) in [6.45, 7) is 3.48. The van der Waals surface area contributed by atoms with E-state index in [4.69, 9.17) is 18.0 Å². The Hall–Kier alpha value is -1.67. The summed E-state index contributed by atoms with van der Waals surface area (Å²) >= 11 is 4.91. The molecule has 0 saturated heterocycles. The van der Waals surface area contributed by atoms with Crippen LogP contribution in [0.4, 0.5) is 5.69 Å². The molecule has 0 amide bonds. The van der Waals surface area contributed by atoms with Crippen molar-refractivity contribution in [3.63, 3.8) is 0 Å². The molecule has 0 heterocycles. The fraction of sp³-hybridized carbons (Fsp3) is 0.333. The minimum absolute atomic E-state index is 0.0805. The molecule has 8 heteroatoms. The van der Waals surface area contributed by atoms with Crippen LogP contribution in [0.15, 0.2) is 18.2 Å². The molecule has 20 heavy (non-hydrogen) atoms. The summed E-state index contributed by atoms with van der Waals surface area (Å²) in [5, 5.41) is 0. The first kappa shape index (κ1) is 16.4. The molecular weight excluding hydrogens is 300 g/mol. The van der Waals surface area contributed by atoms with E-state index in [1.807, 2.05) is 0 Å². The second kappa shape index (κ2) is 6.67. The Balaban J connectivity index is 3.01. The normalized spacial score (nSPS) is 10.9. The first-order chi connectivity index (χ1) is 9.26. The van der Waals surface area contributed by atoms with Crippen LogP contribution < -0.4 is 10.5 Å². The molecule has 3 N–H and O–H groups in total. The third-order valence-electron chi connectivity index (χ3n) is 2.40. The summed E-state index contributed by atoms with van der Waals surface area (Å²) in [6, 6.07) is 4.96. The Labute approximate surface area is 123 Å². The van der Waals surface area contributed by atoms with Gasteiger partial charge in [-0.2, -0.15) is 0 Å². The molecular formula is C12H16N2O4S2. The number of carbonyl (C=O) groups excluding carboxylic acids is 1. The van der Waals surface area contributed by atoms with Crippen LogP contribution in [0.5, 0.6) is 0 Å². The highest BCUT2D eigenvalue weighted by atomic mass is 32.2. The smallest absolute Gasteiger partial charge is 0.323 e. The monoisotopic (exact) mass is 316 g/mol. The zero-order chi connectivity index (χ0) is 15.3. The maximum atomic E-state index is 11.9. The van der Waals surface area contributed by atoms with Crippen molar-refractivity contribution in [1.82, 2.24) is 0 Å². The van der Waals surface area contributed by atoms with Gasteiger partial charge in [-0.1, -0.05) is 24.4 Å². The van der Waals surface area contributed by atoms with Crippen LogP contribution in [0.3, 0.4) is 0 Å². The summed E-state index contributed by atoms with van der Waals surface area (Å²) in [5.74, 6) is -1.57. The number of aryl methyl sites for hydroxylation is 1. The quantitative estimate of drug-likeness (QED) is 0.598. The average molecular weight is 316 g/mol. The second-order valence-electron chi connectivity index (χ2n) is 4.03. The maximum absolute atomic E-state index is 11.9. The lowest BCUT2D eigenvalue weighted by Crippen LogP contribution is -2.26. The Morgan fingerprint density at radius 3 is 2.65 bits per heavy atom. The molecule has 0 aliphatic heterocycles. The lowest BCUT2D eigenvalue weighted by atomic mass is 10.1. The van der Waals surface area contributed by atoms with Gasteiger partial charge in [-0.3, -0.25) is 9.52 Å². The highest BCUT2D eigenvalue weighted by Crippen LogP contribution is 2.20. The van der Waals surface area contributed by atoms with E-state index >= 15 is 0 Å². The van der Waals surface area contributed by atoms with Gasteiger partial charge in [0.1, 0.15) is 4.99 Å². The number of nitrogens with one attached hydrogen (secondary N) is 1. The van der Waals surface area contributed by atoms with Crippen molar-refractivity contribution < 1.29 is 17.9 Å². The molecule has 0 spiro atoms. The lowest BCUT2D eigenvalue weighted by Gasteiger charge is -2.13. The van der Waals surface area contributed by atoms with E-state index in [9.17, 15) is 13.2 Å². The van der Waals surface area contributed by atoms with Crippen LogP contribution in [-0.4, -0.2) is 31.7 Å². The third-order valence-corrected chi connectivity index (χ3v) is 3.75. The highest BCUT2D eigenvalue weighted by molar-refractivity contribution is 7.93. The maximum Gasteiger partial charge on any atom is 0.323 e. The van der Waals surface area contributed by atoms with Gasteiger partial charge in [0.15, 0.2) is 5.75 Å². The number of esters is 1. The molecule has 0 unspecified atom stereocenters. The minimum atomic E-state index is -3.87. The third kappa shape index (κ3) is 4.46. The van der Waals surface area contributed by atoms with E-state index in [0.717, 1.165) is 5.56 Å². The second-order valence-corrected chi connectivity index (χ2v) is 6.19.